The molecule has 5 heteroatoms. The van der Waals surface area contributed by atoms with Crippen molar-refractivity contribution in [2.45, 2.75) is 71.3 Å². The first-order valence-electron chi connectivity index (χ1n) is 12.7. The zero-order valence-electron chi connectivity index (χ0n) is 20.1. The summed E-state index contributed by atoms with van der Waals surface area (Å²) in [6.45, 7) is 6.40. The Kier molecular flexibility index (Phi) is 6.07. The van der Waals surface area contributed by atoms with Gasteiger partial charge in [-0.2, -0.15) is 0 Å². The molecule has 2 aliphatic carbocycles. The van der Waals surface area contributed by atoms with Gasteiger partial charge in [-0.3, -0.25) is 9.59 Å². The van der Waals surface area contributed by atoms with E-state index in [9.17, 15) is 9.59 Å². The number of allylic oxidation sites excluding steroid dienone is 3. The van der Waals surface area contributed by atoms with Crippen molar-refractivity contribution in [2.24, 2.45) is 11.3 Å². The molecule has 1 N–H and O–H groups in total. The van der Waals surface area contributed by atoms with Crippen LogP contribution in [-0.2, 0) is 9.59 Å². The van der Waals surface area contributed by atoms with E-state index in [0.29, 0.717) is 18.9 Å². The highest BCUT2D eigenvalue weighted by Gasteiger charge is 2.44. The van der Waals surface area contributed by atoms with E-state index in [-0.39, 0.29) is 23.1 Å². The van der Waals surface area contributed by atoms with Crippen molar-refractivity contribution in [3.05, 3.63) is 47.7 Å². The maximum absolute atomic E-state index is 13.7. The fraction of sp³-hybridized carbons (Fsp3) is 0.571. The molecule has 0 bridgehead atoms. The topological polar surface area (TPSA) is 52.7 Å². The minimum Gasteiger partial charge on any atom is -0.357 e. The number of likely N-dealkylation sites (tertiary alicyclic amines) is 1. The van der Waals surface area contributed by atoms with Gasteiger partial charge in [0.05, 0.1) is 24.0 Å². The molecule has 1 saturated heterocycles. The number of nitrogens with one attached hydrogen (secondary N) is 1. The van der Waals surface area contributed by atoms with Crippen LogP contribution < -0.4 is 10.2 Å². The summed E-state index contributed by atoms with van der Waals surface area (Å²) in [5, 5.41) is 3.67. The summed E-state index contributed by atoms with van der Waals surface area (Å²) < 4.78 is 0. The molecule has 0 aromatic heterocycles. The smallest absolute Gasteiger partial charge is 0.242 e. The molecule has 2 aliphatic heterocycles. The first-order chi connectivity index (χ1) is 15.9. The molecule has 2 heterocycles. The Morgan fingerprint density at radius 3 is 2.64 bits per heavy atom. The quantitative estimate of drug-likeness (QED) is 0.639. The molecule has 0 saturated carbocycles. The number of benzene rings is 1. The summed E-state index contributed by atoms with van der Waals surface area (Å²) in [6, 6.07) is 8.22. The third kappa shape index (κ3) is 4.47. The first-order valence-corrected chi connectivity index (χ1v) is 12.7. The normalized spacial score (nSPS) is 26.9. The lowest BCUT2D eigenvalue weighted by atomic mass is 9.71. The maximum Gasteiger partial charge on any atom is 0.242 e. The maximum atomic E-state index is 13.7. The van der Waals surface area contributed by atoms with Crippen LogP contribution in [0.25, 0.3) is 0 Å². The number of anilines is 2. The minimum atomic E-state index is -0.0709. The fourth-order valence-electron chi connectivity index (χ4n) is 6.25. The van der Waals surface area contributed by atoms with Crippen LogP contribution in [0, 0.1) is 11.3 Å². The zero-order valence-corrected chi connectivity index (χ0v) is 20.1. The molecule has 176 valence electrons. The van der Waals surface area contributed by atoms with E-state index in [1.165, 1.54) is 6.42 Å². The highest BCUT2D eigenvalue weighted by Crippen LogP contribution is 2.46. The van der Waals surface area contributed by atoms with Crippen molar-refractivity contribution in [1.82, 2.24) is 4.90 Å². The van der Waals surface area contributed by atoms with Crippen LogP contribution in [0.15, 0.2) is 47.7 Å². The van der Waals surface area contributed by atoms with Gasteiger partial charge in [-0.15, -0.1) is 0 Å². The van der Waals surface area contributed by atoms with Gasteiger partial charge in [-0.05, 0) is 68.4 Å². The van der Waals surface area contributed by atoms with Crippen LogP contribution in [-0.4, -0.2) is 42.3 Å². The van der Waals surface area contributed by atoms with Crippen molar-refractivity contribution in [1.29, 1.82) is 0 Å². The number of hydrogen-bond acceptors (Lipinski definition) is 4. The number of hydrogen-bond donors (Lipinski definition) is 1. The summed E-state index contributed by atoms with van der Waals surface area (Å²) in [5.74, 6) is 0.761. The summed E-state index contributed by atoms with van der Waals surface area (Å²) in [5.41, 5.74) is 3.99. The molecule has 0 unspecified atom stereocenters. The average molecular weight is 448 g/mol. The molecular formula is C28H37N3O2. The van der Waals surface area contributed by atoms with Crippen molar-refractivity contribution in [3.8, 4) is 0 Å². The number of amides is 1. The molecule has 5 nitrogen and oxygen atoms in total. The van der Waals surface area contributed by atoms with E-state index < -0.39 is 0 Å². The van der Waals surface area contributed by atoms with Crippen molar-refractivity contribution in [3.63, 3.8) is 0 Å². The Labute approximate surface area is 197 Å². The molecular weight excluding hydrogens is 410 g/mol. The van der Waals surface area contributed by atoms with Gasteiger partial charge >= 0.3 is 0 Å². The monoisotopic (exact) mass is 447 g/mol. The van der Waals surface area contributed by atoms with Crippen molar-refractivity contribution >= 4 is 23.1 Å². The van der Waals surface area contributed by atoms with Gasteiger partial charge in [-0.1, -0.05) is 38.1 Å². The first kappa shape index (κ1) is 22.2. The molecule has 2 atom stereocenters. The van der Waals surface area contributed by atoms with Gasteiger partial charge in [0, 0.05) is 30.8 Å². The van der Waals surface area contributed by atoms with Crippen LogP contribution in [0.4, 0.5) is 11.4 Å². The number of nitrogens with zero attached hydrogens (tertiary/aromatic N) is 2. The number of carbonyl (C=O) groups is 2. The lowest BCUT2D eigenvalue weighted by Crippen LogP contribution is -2.51. The van der Waals surface area contributed by atoms with Gasteiger partial charge < -0.3 is 15.1 Å². The number of rotatable bonds is 3. The second kappa shape index (κ2) is 9.00. The number of Topliss-reactive ketones (excluding diaryl/α,β-unsaturated/α-hetero) is 1. The number of fused-ring (bicyclic) bond motifs is 1. The predicted molar refractivity (Wildman–Crippen MR) is 133 cm³/mol. The van der Waals surface area contributed by atoms with E-state index in [4.69, 9.17) is 0 Å². The van der Waals surface area contributed by atoms with Gasteiger partial charge in [0.2, 0.25) is 5.91 Å². The van der Waals surface area contributed by atoms with E-state index in [0.717, 1.165) is 74.3 Å². The Bertz CT molecular complexity index is 987. The molecule has 4 aliphatic rings. The van der Waals surface area contributed by atoms with Crippen LogP contribution in [0.1, 0.15) is 65.2 Å². The van der Waals surface area contributed by atoms with Crippen molar-refractivity contribution < 1.29 is 9.59 Å². The Morgan fingerprint density at radius 2 is 1.88 bits per heavy atom. The highest BCUT2D eigenvalue weighted by atomic mass is 16.2. The lowest BCUT2D eigenvalue weighted by Gasteiger charge is -2.42. The summed E-state index contributed by atoms with van der Waals surface area (Å²) in [7, 11) is 0. The Hall–Kier alpha value is -2.56. The van der Waals surface area contributed by atoms with E-state index in [1.807, 2.05) is 17.0 Å². The zero-order chi connectivity index (χ0) is 23.0. The molecule has 1 aromatic rings. The van der Waals surface area contributed by atoms with Crippen LogP contribution in [0.2, 0.25) is 0 Å². The number of ketones is 1. The lowest BCUT2D eigenvalue weighted by molar-refractivity contribution is -0.130. The summed E-state index contributed by atoms with van der Waals surface area (Å²) in [4.78, 5) is 31.5. The van der Waals surface area contributed by atoms with Gasteiger partial charge in [-0.25, -0.2) is 0 Å². The third-order valence-electron chi connectivity index (χ3n) is 7.82. The standard InChI is InChI=1S/C28H37N3O2/c1-28(2)17-22-26(24(32)18-28)27(20-11-5-3-6-12-20)31(23-14-8-7-13-21(23)29-22)19-25(33)30-15-9-4-10-16-30/h3,5,7-8,13-14,20,27,29H,4,6,9-12,15-19H2,1-2H3/t20-,27-/m0/s1. The Balaban J connectivity index is 1.60. The SMILES string of the molecule is CC1(C)CC(=O)C2=C(C1)Nc1ccccc1N(CC(=O)N1CCCCC1)[C@H]2[C@H]1CC=CCC1. The Morgan fingerprint density at radius 1 is 1.09 bits per heavy atom. The predicted octanol–water partition coefficient (Wildman–Crippen LogP) is 5.30. The largest absolute Gasteiger partial charge is 0.357 e. The molecule has 33 heavy (non-hydrogen) atoms. The van der Waals surface area contributed by atoms with Gasteiger partial charge in [0.1, 0.15) is 0 Å². The van der Waals surface area contributed by atoms with Crippen LogP contribution in [0.5, 0.6) is 0 Å². The number of piperidine rings is 1. The molecule has 0 radical (unpaired) electrons. The van der Waals surface area contributed by atoms with Crippen molar-refractivity contribution in [2.75, 3.05) is 29.9 Å². The summed E-state index contributed by atoms with van der Waals surface area (Å²) in [6.07, 6.45) is 12.4. The molecule has 1 aromatic carbocycles. The minimum absolute atomic E-state index is 0.0618. The summed E-state index contributed by atoms with van der Waals surface area (Å²) >= 11 is 0. The average Bonchev–Trinajstić information content (AvgIpc) is 2.94. The molecule has 1 fully saturated rings. The fourth-order valence-corrected chi connectivity index (χ4v) is 6.25. The van der Waals surface area contributed by atoms with E-state index in [1.54, 1.807) is 0 Å². The third-order valence-corrected chi connectivity index (χ3v) is 7.82. The molecule has 0 spiro atoms. The highest BCUT2D eigenvalue weighted by molar-refractivity contribution is 6.01. The van der Waals surface area contributed by atoms with Crippen LogP contribution in [0.3, 0.4) is 0 Å². The van der Waals surface area contributed by atoms with E-state index in [2.05, 4.69) is 48.3 Å². The van der Waals surface area contributed by atoms with E-state index >= 15 is 0 Å². The number of para-hydroxylation sites is 2. The number of carbonyl (C=O) groups excluding carboxylic acids is 2. The molecule has 1 amide bonds. The van der Waals surface area contributed by atoms with Gasteiger partial charge in [0.15, 0.2) is 5.78 Å². The van der Waals surface area contributed by atoms with Gasteiger partial charge in [0.25, 0.3) is 0 Å². The molecule has 5 rings (SSSR count). The second-order valence-electron chi connectivity index (χ2n) is 11.0. The second-order valence-corrected chi connectivity index (χ2v) is 11.0. The van der Waals surface area contributed by atoms with Crippen LogP contribution >= 0.6 is 0 Å².